The molecule has 0 radical (unpaired) electrons. The molecule has 1 aliphatic carbocycles. The Morgan fingerprint density at radius 1 is 1.24 bits per heavy atom. The van der Waals surface area contributed by atoms with Crippen molar-refractivity contribution >= 4 is 27.3 Å². The topological polar surface area (TPSA) is 29.1 Å². The fourth-order valence-corrected chi connectivity index (χ4v) is 5.22. The van der Waals surface area contributed by atoms with E-state index in [0.717, 1.165) is 25.8 Å². The number of benzene rings is 1. The standard InChI is InChI=1S/C22H31NOS/c1-3-5-6-7-8-21(24)23-14-13-17-9-11-18-16(4-2)10-12-20-22(18)19(17)15-25-20/h10,12,15,17H,3-9,11,13-14H2,1-2H3,(H,23,24). The molecular weight excluding hydrogens is 326 g/mol. The minimum absolute atomic E-state index is 0.232. The smallest absolute Gasteiger partial charge is 0.219 e. The van der Waals surface area contributed by atoms with E-state index in [4.69, 9.17) is 0 Å². The van der Waals surface area contributed by atoms with E-state index in [9.17, 15) is 4.79 Å². The van der Waals surface area contributed by atoms with E-state index in [2.05, 4.69) is 36.7 Å². The van der Waals surface area contributed by atoms with E-state index < -0.39 is 0 Å². The summed E-state index contributed by atoms with van der Waals surface area (Å²) in [6, 6.07) is 4.61. The van der Waals surface area contributed by atoms with E-state index in [-0.39, 0.29) is 5.91 Å². The van der Waals surface area contributed by atoms with Crippen molar-refractivity contribution < 1.29 is 4.79 Å². The van der Waals surface area contributed by atoms with E-state index in [0.29, 0.717) is 12.3 Å². The molecule has 1 unspecified atom stereocenters. The second-order valence-corrected chi connectivity index (χ2v) is 8.22. The predicted molar refractivity (Wildman–Crippen MR) is 109 cm³/mol. The number of rotatable bonds is 9. The summed E-state index contributed by atoms with van der Waals surface area (Å²) in [5, 5.41) is 7.04. The summed E-state index contributed by atoms with van der Waals surface area (Å²) >= 11 is 1.88. The number of amides is 1. The molecule has 1 atom stereocenters. The molecule has 0 bridgehead atoms. The number of hydrogen-bond acceptors (Lipinski definition) is 2. The van der Waals surface area contributed by atoms with Gasteiger partial charge in [-0.2, -0.15) is 0 Å². The molecule has 136 valence electrons. The normalized spacial score (nSPS) is 16.3. The molecule has 0 spiro atoms. The van der Waals surface area contributed by atoms with Crippen LogP contribution in [0.5, 0.6) is 0 Å². The Morgan fingerprint density at radius 2 is 2.12 bits per heavy atom. The van der Waals surface area contributed by atoms with Gasteiger partial charge in [-0.05, 0) is 71.5 Å². The molecule has 1 heterocycles. The third-order valence-corrected chi connectivity index (χ3v) is 6.58. The van der Waals surface area contributed by atoms with Crippen LogP contribution in [0.4, 0.5) is 0 Å². The van der Waals surface area contributed by atoms with Crippen LogP contribution in [-0.2, 0) is 17.6 Å². The molecule has 1 aliphatic rings. The summed E-state index contributed by atoms with van der Waals surface area (Å²) in [6.45, 7) is 5.27. The van der Waals surface area contributed by atoms with Gasteiger partial charge in [0, 0.05) is 17.7 Å². The highest BCUT2D eigenvalue weighted by Crippen LogP contribution is 2.42. The van der Waals surface area contributed by atoms with Gasteiger partial charge in [-0.25, -0.2) is 0 Å². The lowest BCUT2D eigenvalue weighted by Gasteiger charge is -2.24. The first kappa shape index (κ1) is 18.4. The molecule has 3 rings (SSSR count). The average Bonchev–Trinajstić information content (AvgIpc) is 3.06. The summed E-state index contributed by atoms with van der Waals surface area (Å²) in [5.74, 6) is 0.838. The van der Waals surface area contributed by atoms with Crippen molar-refractivity contribution in [2.24, 2.45) is 0 Å². The van der Waals surface area contributed by atoms with Gasteiger partial charge in [0.2, 0.25) is 5.91 Å². The highest BCUT2D eigenvalue weighted by Gasteiger charge is 2.24. The molecule has 0 fully saturated rings. The largest absolute Gasteiger partial charge is 0.356 e. The maximum Gasteiger partial charge on any atom is 0.219 e. The van der Waals surface area contributed by atoms with Crippen molar-refractivity contribution in [3.63, 3.8) is 0 Å². The maximum absolute atomic E-state index is 12.0. The van der Waals surface area contributed by atoms with Gasteiger partial charge in [0.1, 0.15) is 0 Å². The first-order chi connectivity index (χ1) is 12.2. The number of nitrogens with one attached hydrogen (secondary N) is 1. The van der Waals surface area contributed by atoms with E-state index in [1.54, 1.807) is 5.56 Å². The second kappa shape index (κ2) is 8.84. The zero-order valence-electron chi connectivity index (χ0n) is 15.7. The molecule has 0 saturated heterocycles. The Kier molecular flexibility index (Phi) is 6.52. The van der Waals surface area contributed by atoms with Crippen LogP contribution >= 0.6 is 11.3 Å². The van der Waals surface area contributed by atoms with Gasteiger partial charge in [-0.1, -0.05) is 39.2 Å². The Balaban J connectivity index is 1.56. The molecule has 1 aromatic heterocycles. The van der Waals surface area contributed by atoms with Crippen LogP contribution in [0.15, 0.2) is 17.5 Å². The van der Waals surface area contributed by atoms with Crippen LogP contribution in [0.25, 0.3) is 10.1 Å². The third kappa shape index (κ3) is 4.25. The summed E-state index contributed by atoms with van der Waals surface area (Å²) in [7, 11) is 0. The van der Waals surface area contributed by atoms with Crippen LogP contribution in [0.1, 0.15) is 81.4 Å². The molecule has 2 aromatic rings. The predicted octanol–water partition coefficient (Wildman–Crippen LogP) is 5.97. The average molecular weight is 358 g/mol. The van der Waals surface area contributed by atoms with Crippen molar-refractivity contribution in [3.8, 4) is 0 Å². The van der Waals surface area contributed by atoms with Gasteiger partial charge in [-0.15, -0.1) is 11.3 Å². The van der Waals surface area contributed by atoms with Gasteiger partial charge < -0.3 is 5.32 Å². The van der Waals surface area contributed by atoms with Crippen LogP contribution in [0, 0.1) is 0 Å². The molecular formula is C22H31NOS. The van der Waals surface area contributed by atoms with Crippen LogP contribution in [0.3, 0.4) is 0 Å². The van der Waals surface area contributed by atoms with Gasteiger partial charge in [0.05, 0.1) is 0 Å². The third-order valence-electron chi connectivity index (χ3n) is 5.61. The van der Waals surface area contributed by atoms with Crippen molar-refractivity contribution in [1.82, 2.24) is 5.32 Å². The number of thiophene rings is 1. The monoisotopic (exact) mass is 357 g/mol. The number of aryl methyl sites for hydroxylation is 2. The Bertz CT molecular complexity index is 718. The lowest BCUT2D eigenvalue weighted by Crippen LogP contribution is -2.25. The Morgan fingerprint density at radius 3 is 2.92 bits per heavy atom. The number of unbranched alkanes of at least 4 members (excludes halogenated alkanes) is 3. The molecule has 1 aromatic carbocycles. The fourth-order valence-electron chi connectivity index (χ4n) is 4.15. The number of carbonyl (C=O) groups is 1. The van der Waals surface area contributed by atoms with Crippen molar-refractivity contribution in [2.75, 3.05) is 6.54 Å². The summed E-state index contributed by atoms with van der Waals surface area (Å²) in [6.07, 6.45) is 9.97. The highest BCUT2D eigenvalue weighted by atomic mass is 32.1. The number of hydrogen-bond donors (Lipinski definition) is 1. The van der Waals surface area contributed by atoms with Crippen LogP contribution in [0.2, 0.25) is 0 Å². The second-order valence-electron chi connectivity index (χ2n) is 7.31. The first-order valence-electron chi connectivity index (χ1n) is 10.0. The first-order valence-corrected chi connectivity index (χ1v) is 10.9. The van der Waals surface area contributed by atoms with E-state index >= 15 is 0 Å². The van der Waals surface area contributed by atoms with Crippen LogP contribution in [-0.4, -0.2) is 12.5 Å². The summed E-state index contributed by atoms with van der Waals surface area (Å²) in [4.78, 5) is 12.0. The zero-order valence-corrected chi connectivity index (χ0v) is 16.5. The highest BCUT2D eigenvalue weighted by molar-refractivity contribution is 7.17. The van der Waals surface area contributed by atoms with Gasteiger partial charge in [-0.3, -0.25) is 4.79 Å². The minimum atomic E-state index is 0.232. The lowest BCUT2D eigenvalue weighted by molar-refractivity contribution is -0.121. The minimum Gasteiger partial charge on any atom is -0.356 e. The molecule has 0 saturated carbocycles. The lowest BCUT2D eigenvalue weighted by atomic mass is 9.80. The molecule has 0 aliphatic heterocycles. The zero-order chi connectivity index (χ0) is 17.6. The van der Waals surface area contributed by atoms with E-state index in [1.165, 1.54) is 53.3 Å². The number of carbonyl (C=O) groups excluding carboxylic acids is 1. The fraction of sp³-hybridized carbons (Fsp3) is 0.591. The summed E-state index contributed by atoms with van der Waals surface area (Å²) in [5.41, 5.74) is 4.65. The Labute approximate surface area is 156 Å². The molecule has 1 N–H and O–H groups in total. The molecule has 1 amide bonds. The quantitative estimate of drug-likeness (QED) is 0.550. The molecule has 25 heavy (non-hydrogen) atoms. The summed E-state index contributed by atoms with van der Waals surface area (Å²) < 4.78 is 1.44. The molecule has 3 heteroatoms. The van der Waals surface area contributed by atoms with Crippen molar-refractivity contribution in [1.29, 1.82) is 0 Å². The van der Waals surface area contributed by atoms with Gasteiger partial charge in [0.25, 0.3) is 0 Å². The molecule has 2 nitrogen and oxygen atoms in total. The maximum atomic E-state index is 12.0. The van der Waals surface area contributed by atoms with Crippen molar-refractivity contribution in [3.05, 3.63) is 34.2 Å². The van der Waals surface area contributed by atoms with Crippen LogP contribution < -0.4 is 5.32 Å². The van der Waals surface area contributed by atoms with Gasteiger partial charge in [0.15, 0.2) is 0 Å². The Hall–Kier alpha value is -1.35. The van der Waals surface area contributed by atoms with Crippen molar-refractivity contribution in [2.45, 2.75) is 77.6 Å². The van der Waals surface area contributed by atoms with Gasteiger partial charge >= 0.3 is 0 Å². The van der Waals surface area contributed by atoms with E-state index in [1.807, 2.05) is 11.3 Å². The SMILES string of the molecule is CCCCCCC(=O)NCCC1CCc2c(CC)ccc3scc1c23.